The molecule has 2 aliphatic rings. The van der Waals surface area contributed by atoms with Gasteiger partial charge >= 0.3 is 0 Å². The van der Waals surface area contributed by atoms with Gasteiger partial charge in [-0.15, -0.1) is 0 Å². The van der Waals surface area contributed by atoms with Crippen molar-refractivity contribution in [1.29, 1.82) is 0 Å². The third-order valence-electron chi connectivity index (χ3n) is 5.17. The van der Waals surface area contributed by atoms with Crippen LogP contribution in [0, 0.1) is 0 Å². The van der Waals surface area contributed by atoms with Gasteiger partial charge in [-0.05, 0) is 51.7 Å². The van der Waals surface area contributed by atoms with E-state index in [-0.39, 0.29) is 11.7 Å². The van der Waals surface area contributed by atoms with Crippen LogP contribution in [0.3, 0.4) is 0 Å². The molecular weight excluding hydrogens is 268 g/mol. The van der Waals surface area contributed by atoms with Crippen LogP contribution in [0.5, 0.6) is 0 Å². The number of nitrogens with zero attached hydrogens (tertiary/aromatic N) is 1. The Hall–Kier alpha value is -0.220. The Morgan fingerprint density at radius 2 is 1.95 bits per heavy atom. The minimum atomic E-state index is -0.337. The normalized spacial score (nSPS) is 38.5. The predicted molar refractivity (Wildman–Crippen MR) is 86.9 cm³/mol. The molecule has 1 saturated heterocycles. The smallest absolute Gasteiger partial charge is 0.244 e. The first-order chi connectivity index (χ1) is 9.55. The molecule has 1 amide bonds. The first kappa shape index (κ1) is 16.2. The molecule has 20 heavy (non-hydrogen) atoms. The number of amides is 1. The molecular formula is C16H30N2OS. The molecule has 1 saturated carbocycles. The van der Waals surface area contributed by atoms with Crippen LogP contribution in [-0.4, -0.2) is 40.1 Å². The van der Waals surface area contributed by atoms with Crippen molar-refractivity contribution in [1.82, 2.24) is 10.2 Å². The average Bonchev–Trinajstić information content (AvgIpc) is 2.72. The largest absolute Gasteiger partial charge is 0.323 e. The van der Waals surface area contributed by atoms with E-state index >= 15 is 0 Å². The minimum Gasteiger partial charge on any atom is -0.323 e. The van der Waals surface area contributed by atoms with Gasteiger partial charge in [-0.25, -0.2) is 0 Å². The van der Waals surface area contributed by atoms with E-state index in [1.807, 2.05) is 11.8 Å². The maximum absolute atomic E-state index is 12.9. The van der Waals surface area contributed by atoms with Gasteiger partial charge in [0.2, 0.25) is 5.91 Å². The van der Waals surface area contributed by atoms with Crippen LogP contribution in [0.2, 0.25) is 0 Å². The Morgan fingerprint density at radius 1 is 1.30 bits per heavy atom. The molecule has 0 bridgehead atoms. The van der Waals surface area contributed by atoms with Gasteiger partial charge < -0.3 is 4.90 Å². The van der Waals surface area contributed by atoms with Crippen LogP contribution >= 0.6 is 11.8 Å². The quantitative estimate of drug-likeness (QED) is 0.844. The topological polar surface area (TPSA) is 32.3 Å². The molecule has 2 atom stereocenters. The zero-order valence-electron chi connectivity index (χ0n) is 13.4. The van der Waals surface area contributed by atoms with Crippen LogP contribution in [0.15, 0.2) is 0 Å². The number of hydrogen-bond acceptors (Lipinski definition) is 3. The number of carbonyl (C=O) groups is 1. The maximum atomic E-state index is 12.9. The van der Waals surface area contributed by atoms with E-state index in [2.05, 4.69) is 37.2 Å². The van der Waals surface area contributed by atoms with E-state index in [9.17, 15) is 4.79 Å². The Labute approximate surface area is 128 Å². The second-order valence-electron chi connectivity index (χ2n) is 6.51. The van der Waals surface area contributed by atoms with Gasteiger partial charge in [0.1, 0.15) is 0 Å². The van der Waals surface area contributed by atoms with E-state index in [1.165, 1.54) is 25.7 Å². The van der Waals surface area contributed by atoms with Crippen molar-refractivity contribution in [3.05, 3.63) is 0 Å². The standard InChI is InChI=1S/C16H30N2OS/c1-5-7-14-17-16(3,6-2)15(19)18(14)12-8-10-13(20-4)11-9-12/h12-14,17H,5-11H2,1-4H3. The van der Waals surface area contributed by atoms with Gasteiger partial charge in [0, 0.05) is 11.3 Å². The van der Waals surface area contributed by atoms with Crippen molar-refractivity contribution in [2.24, 2.45) is 0 Å². The lowest BCUT2D eigenvalue weighted by atomic mass is 9.92. The summed E-state index contributed by atoms with van der Waals surface area (Å²) in [6.45, 7) is 6.39. The summed E-state index contributed by atoms with van der Waals surface area (Å²) in [5.41, 5.74) is -0.337. The molecule has 2 fully saturated rings. The number of nitrogens with one attached hydrogen (secondary N) is 1. The number of thioether (sulfide) groups is 1. The Bertz CT molecular complexity index is 341. The highest BCUT2D eigenvalue weighted by atomic mass is 32.2. The Kier molecular flexibility index (Phi) is 5.41. The number of rotatable bonds is 5. The summed E-state index contributed by atoms with van der Waals surface area (Å²) >= 11 is 1.99. The molecule has 2 unspecified atom stereocenters. The zero-order valence-corrected chi connectivity index (χ0v) is 14.3. The third kappa shape index (κ3) is 3.01. The number of hydrogen-bond donors (Lipinski definition) is 1. The minimum absolute atomic E-state index is 0.258. The highest BCUT2D eigenvalue weighted by Gasteiger charge is 2.48. The average molecular weight is 298 g/mol. The fourth-order valence-electron chi connectivity index (χ4n) is 3.64. The molecule has 1 N–H and O–H groups in total. The SMILES string of the molecule is CCCC1NC(C)(CC)C(=O)N1C1CCC(SC)CC1. The first-order valence-corrected chi connectivity index (χ1v) is 9.47. The monoisotopic (exact) mass is 298 g/mol. The second-order valence-corrected chi connectivity index (χ2v) is 7.65. The van der Waals surface area contributed by atoms with E-state index in [1.54, 1.807) is 0 Å². The van der Waals surface area contributed by atoms with E-state index < -0.39 is 0 Å². The van der Waals surface area contributed by atoms with Crippen LogP contribution in [0.25, 0.3) is 0 Å². The molecule has 4 heteroatoms. The van der Waals surface area contributed by atoms with Gasteiger partial charge in [0.05, 0.1) is 11.7 Å². The van der Waals surface area contributed by atoms with Crippen LogP contribution < -0.4 is 5.32 Å². The Balaban J connectivity index is 2.09. The highest BCUT2D eigenvalue weighted by molar-refractivity contribution is 7.99. The van der Waals surface area contributed by atoms with Crippen molar-refractivity contribution >= 4 is 17.7 Å². The molecule has 1 aliphatic heterocycles. The van der Waals surface area contributed by atoms with Crippen molar-refractivity contribution in [2.75, 3.05) is 6.26 Å². The summed E-state index contributed by atoms with van der Waals surface area (Å²) in [6.07, 6.45) is 10.4. The first-order valence-electron chi connectivity index (χ1n) is 8.19. The third-order valence-corrected chi connectivity index (χ3v) is 6.31. The van der Waals surface area contributed by atoms with Crippen LogP contribution in [0.1, 0.15) is 65.7 Å². The molecule has 2 rings (SSSR count). The lowest BCUT2D eigenvalue weighted by Crippen LogP contribution is -2.46. The summed E-state index contributed by atoms with van der Waals surface area (Å²) in [4.78, 5) is 15.1. The van der Waals surface area contributed by atoms with Gasteiger partial charge in [-0.2, -0.15) is 11.8 Å². The van der Waals surface area contributed by atoms with Gasteiger partial charge in [-0.3, -0.25) is 10.1 Å². The summed E-state index contributed by atoms with van der Waals surface area (Å²) < 4.78 is 0. The molecule has 0 radical (unpaired) electrons. The summed E-state index contributed by atoms with van der Waals surface area (Å²) in [6, 6.07) is 0.461. The molecule has 0 aromatic heterocycles. The molecule has 1 aliphatic carbocycles. The van der Waals surface area contributed by atoms with Crippen LogP contribution in [0.4, 0.5) is 0 Å². The second kappa shape index (κ2) is 6.69. The fourth-order valence-corrected chi connectivity index (χ4v) is 4.39. The lowest BCUT2D eigenvalue weighted by Gasteiger charge is -2.37. The molecule has 1 heterocycles. The van der Waals surface area contributed by atoms with E-state index in [0.717, 1.165) is 24.5 Å². The van der Waals surface area contributed by atoms with Gasteiger partial charge in [0.25, 0.3) is 0 Å². The molecule has 3 nitrogen and oxygen atoms in total. The lowest BCUT2D eigenvalue weighted by molar-refractivity contribution is -0.135. The van der Waals surface area contributed by atoms with Crippen molar-refractivity contribution < 1.29 is 4.79 Å². The van der Waals surface area contributed by atoms with Crippen molar-refractivity contribution in [3.8, 4) is 0 Å². The van der Waals surface area contributed by atoms with Gasteiger partial charge in [-0.1, -0.05) is 20.3 Å². The van der Waals surface area contributed by atoms with Gasteiger partial charge in [0.15, 0.2) is 0 Å². The highest BCUT2D eigenvalue weighted by Crippen LogP contribution is 2.35. The van der Waals surface area contributed by atoms with E-state index in [4.69, 9.17) is 0 Å². The number of carbonyl (C=O) groups excluding carboxylic acids is 1. The zero-order chi connectivity index (χ0) is 14.8. The maximum Gasteiger partial charge on any atom is 0.244 e. The van der Waals surface area contributed by atoms with Crippen molar-refractivity contribution in [3.63, 3.8) is 0 Å². The van der Waals surface area contributed by atoms with Crippen molar-refractivity contribution in [2.45, 2.75) is 88.7 Å². The Morgan fingerprint density at radius 3 is 2.45 bits per heavy atom. The fraction of sp³-hybridized carbons (Fsp3) is 0.938. The summed E-state index contributed by atoms with van der Waals surface area (Å²) in [5, 5.41) is 4.42. The molecule has 0 aromatic rings. The molecule has 0 spiro atoms. The summed E-state index contributed by atoms with van der Waals surface area (Å²) in [5.74, 6) is 0.339. The molecule has 0 aromatic carbocycles. The van der Waals surface area contributed by atoms with E-state index in [0.29, 0.717) is 11.9 Å². The predicted octanol–water partition coefficient (Wildman–Crippen LogP) is 3.39. The van der Waals surface area contributed by atoms with Crippen LogP contribution in [-0.2, 0) is 4.79 Å². The summed E-state index contributed by atoms with van der Waals surface area (Å²) in [7, 11) is 0. The molecule has 116 valence electrons.